The number of hydrogen-bond donors (Lipinski definition) is 1. The van der Waals surface area contributed by atoms with Crippen LogP contribution in [0.2, 0.25) is 5.02 Å². The Bertz CT molecular complexity index is 1220. The van der Waals surface area contributed by atoms with E-state index in [9.17, 15) is 9.59 Å². The van der Waals surface area contributed by atoms with Gasteiger partial charge in [0, 0.05) is 34.0 Å². The molecule has 0 bridgehead atoms. The average Bonchev–Trinajstić information content (AvgIpc) is 3.37. The van der Waals surface area contributed by atoms with E-state index in [4.69, 9.17) is 21.1 Å². The van der Waals surface area contributed by atoms with E-state index >= 15 is 0 Å². The summed E-state index contributed by atoms with van der Waals surface area (Å²) >= 11 is 6.09. The average molecular weight is 506 g/mol. The summed E-state index contributed by atoms with van der Waals surface area (Å²) in [7, 11) is 0. The van der Waals surface area contributed by atoms with Crippen LogP contribution < -0.4 is 10.1 Å². The van der Waals surface area contributed by atoms with Gasteiger partial charge in [-0.2, -0.15) is 0 Å². The number of hydrogen-bond acceptors (Lipinski definition) is 5. The highest BCUT2D eigenvalue weighted by molar-refractivity contribution is 6.30. The van der Waals surface area contributed by atoms with Crippen molar-refractivity contribution < 1.29 is 19.1 Å². The largest absolute Gasteiger partial charge is 0.494 e. The molecule has 0 radical (unpaired) electrons. The summed E-state index contributed by atoms with van der Waals surface area (Å²) in [5.41, 5.74) is 4.67. The van der Waals surface area contributed by atoms with Gasteiger partial charge in [-0.05, 0) is 75.6 Å². The van der Waals surface area contributed by atoms with E-state index in [1.165, 1.54) is 0 Å². The van der Waals surface area contributed by atoms with Crippen molar-refractivity contribution in [1.29, 1.82) is 0 Å². The topological polar surface area (TPSA) is 64.6 Å². The van der Waals surface area contributed by atoms with Crippen LogP contribution in [-0.4, -0.2) is 24.5 Å². The van der Waals surface area contributed by atoms with Crippen molar-refractivity contribution in [1.82, 2.24) is 5.32 Å². The number of ether oxygens (including phenoxy) is 2. The lowest BCUT2D eigenvalue weighted by Gasteiger charge is -2.37. The molecular weight excluding hydrogens is 474 g/mol. The maximum Gasteiger partial charge on any atom is 0.337 e. The second-order valence-electron chi connectivity index (χ2n) is 9.85. The first kappa shape index (κ1) is 24.6. The molecule has 1 fully saturated rings. The summed E-state index contributed by atoms with van der Waals surface area (Å²) in [5, 5.41) is 4.11. The Labute approximate surface area is 217 Å². The Morgan fingerprint density at radius 2 is 1.78 bits per heavy atom. The number of carbonyl (C=O) groups excluding carboxylic acids is 2. The highest BCUT2D eigenvalue weighted by atomic mass is 35.5. The normalized spacial score (nSPS) is 22.4. The molecule has 5 rings (SSSR count). The zero-order valence-electron chi connectivity index (χ0n) is 20.8. The molecule has 0 amide bonds. The highest BCUT2D eigenvalue weighted by Crippen LogP contribution is 2.48. The van der Waals surface area contributed by atoms with Gasteiger partial charge in [0.25, 0.3) is 0 Å². The van der Waals surface area contributed by atoms with Crippen LogP contribution in [-0.2, 0) is 14.3 Å². The lowest BCUT2D eigenvalue weighted by molar-refractivity contribution is -0.144. The number of nitrogens with one attached hydrogen (secondary N) is 1. The summed E-state index contributed by atoms with van der Waals surface area (Å²) in [6.45, 7) is 4.33. The van der Waals surface area contributed by atoms with Gasteiger partial charge >= 0.3 is 5.97 Å². The van der Waals surface area contributed by atoms with Crippen LogP contribution in [0.15, 0.2) is 71.1 Å². The number of rotatable bonds is 6. The minimum absolute atomic E-state index is 0.0404. The smallest absolute Gasteiger partial charge is 0.337 e. The van der Waals surface area contributed by atoms with E-state index in [-0.39, 0.29) is 23.8 Å². The zero-order chi connectivity index (χ0) is 25.2. The van der Waals surface area contributed by atoms with Crippen molar-refractivity contribution in [2.24, 2.45) is 0 Å². The Morgan fingerprint density at radius 3 is 2.50 bits per heavy atom. The second kappa shape index (κ2) is 10.5. The monoisotopic (exact) mass is 505 g/mol. The van der Waals surface area contributed by atoms with Crippen LogP contribution in [0.25, 0.3) is 0 Å². The van der Waals surface area contributed by atoms with Gasteiger partial charge in [0.05, 0.1) is 18.1 Å². The summed E-state index contributed by atoms with van der Waals surface area (Å²) in [6, 6.07) is 15.4. The first-order valence-electron chi connectivity index (χ1n) is 12.9. The molecule has 1 heterocycles. The van der Waals surface area contributed by atoms with Crippen molar-refractivity contribution in [2.45, 2.75) is 70.3 Å². The number of halogens is 1. The maximum atomic E-state index is 13.8. The molecule has 5 nitrogen and oxygen atoms in total. The molecule has 188 valence electrons. The predicted octanol–water partition coefficient (Wildman–Crippen LogP) is 6.59. The number of esters is 1. The predicted molar refractivity (Wildman–Crippen MR) is 140 cm³/mol. The fraction of sp³-hybridized carbons (Fsp3) is 0.400. The van der Waals surface area contributed by atoms with Gasteiger partial charge in [-0.25, -0.2) is 4.79 Å². The summed E-state index contributed by atoms with van der Waals surface area (Å²) < 4.78 is 11.9. The molecule has 2 aliphatic carbocycles. The van der Waals surface area contributed by atoms with Gasteiger partial charge in [0.2, 0.25) is 0 Å². The zero-order valence-corrected chi connectivity index (χ0v) is 21.6. The standard InChI is InChI=1S/C30H32ClNO4/c1-3-35-26-11-7-6-10-23(26)28-27(30(34)36-22-8-4-5-9-22)18(2)32-24-16-20(17-25(33)29(24)28)19-12-14-21(31)15-13-19/h6-7,10-15,20,22,28,32H,3-5,8-9,16-17H2,1-2H3/t20-,28-/m0/s1. The van der Waals surface area contributed by atoms with E-state index in [1.807, 2.05) is 62.4 Å². The molecule has 2 aromatic rings. The van der Waals surface area contributed by atoms with Gasteiger partial charge in [-0.3, -0.25) is 4.79 Å². The minimum atomic E-state index is -0.531. The Balaban J connectivity index is 1.57. The number of carbonyl (C=O) groups is 2. The lowest BCUT2D eigenvalue weighted by Crippen LogP contribution is -2.36. The van der Waals surface area contributed by atoms with Gasteiger partial charge in [0.1, 0.15) is 11.9 Å². The molecule has 0 saturated heterocycles. The number of ketones is 1. The third-order valence-electron chi connectivity index (χ3n) is 7.49. The van der Waals surface area contributed by atoms with Crippen molar-refractivity contribution in [3.8, 4) is 5.75 Å². The Kier molecular flexibility index (Phi) is 7.20. The van der Waals surface area contributed by atoms with E-state index < -0.39 is 5.92 Å². The molecule has 36 heavy (non-hydrogen) atoms. The van der Waals surface area contributed by atoms with Crippen LogP contribution in [0.3, 0.4) is 0 Å². The van der Waals surface area contributed by atoms with Crippen LogP contribution in [0.5, 0.6) is 5.75 Å². The minimum Gasteiger partial charge on any atom is -0.494 e. The first-order valence-corrected chi connectivity index (χ1v) is 13.3. The van der Waals surface area contributed by atoms with Crippen molar-refractivity contribution in [3.63, 3.8) is 0 Å². The third kappa shape index (κ3) is 4.81. The summed E-state index contributed by atoms with van der Waals surface area (Å²) in [6.07, 6.45) is 4.92. The van der Waals surface area contributed by atoms with Crippen molar-refractivity contribution >= 4 is 23.4 Å². The fourth-order valence-corrected chi connectivity index (χ4v) is 5.94. The second-order valence-corrected chi connectivity index (χ2v) is 10.3. The van der Waals surface area contributed by atoms with Crippen LogP contribution in [0, 0.1) is 0 Å². The number of allylic oxidation sites excluding steroid dienone is 3. The molecule has 0 aromatic heterocycles. The summed E-state index contributed by atoms with van der Waals surface area (Å²) in [4.78, 5) is 27.4. The highest BCUT2D eigenvalue weighted by Gasteiger charge is 2.43. The van der Waals surface area contributed by atoms with Gasteiger partial charge < -0.3 is 14.8 Å². The lowest BCUT2D eigenvalue weighted by atomic mass is 9.71. The number of dihydropyridines is 1. The number of Topliss-reactive ketones (excluding diaryl/α,β-unsaturated/α-hetero) is 1. The van der Waals surface area contributed by atoms with Crippen LogP contribution in [0.4, 0.5) is 0 Å². The molecular formula is C30H32ClNO4. The van der Waals surface area contributed by atoms with Crippen LogP contribution >= 0.6 is 11.6 Å². The van der Waals surface area contributed by atoms with Crippen molar-refractivity contribution in [2.75, 3.05) is 6.61 Å². The van der Waals surface area contributed by atoms with Gasteiger partial charge in [-0.15, -0.1) is 0 Å². The maximum absolute atomic E-state index is 13.8. The summed E-state index contributed by atoms with van der Waals surface area (Å²) in [5.74, 6) is -0.105. The van der Waals surface area contributed by atoms with E-state index in [0.717, 1.165) is 48.2 Å². The third-order valence-corrected chi connectivity index (χ3v) is 7.75. The van der Waals surface area contributed by atoms with E-state index in [1.54, 1.807) is 0 Å². The fourth-order valence-electron chi connectivity index (χ4n) is 5.82. The van der Waals surface area contributed by atoms with Gasteiger partial charge in [-0.1, -0.05) is 41.9 Å². The quantitative estimate of drug-likeness (QED) is 0.449. The van der Waals surface area contributed by atoms with E-state index in [2.05, 4.69) is 5.32 Å². The molecule has 0 spiro atoms. The van der Waals surface area contributed by atoms with Gasteiger partial charge in [0.15, 0.2) is 5.78 Å². The molecule has 1 N–H and O–H groups in total. The number of benzene rings is 2. The van der Waals surface area contributed by atoms with Crippen molar-refractivity contribution in [3.05, 3.63) is 87.2 Å². The SMILES string of the molecule is CCOc1ccccc1[C@H]1C(C(=O)OC2CCCC2)=C(C)NC2=C1C(=O)C[C@@H](c1ccc(Cl)cc1)C2. The molecule has 2 atom stereocenters. The molecule has 3 aliphatic rings. The van der Waals surface area contributed by atoms with E-state index in [0.29, 0.717) is 41.4 Å². The Morgan fingerprint density at radius 1 is 1.06 bits per heavy atom. The Hall–Kier alpha value is -3.05. The first-order chi connectivity index (χ1) is 17.5. The van der Waals surface area contributed by atoms with Crippen LogP contribution in [0.1, 0.15) is 75.3 Å². The molecule has 1 saturated carbocycles. The number of para-hydroxylation sites is 1. The molecule has 1 aliphatic heterocycles. The molecule has 6 heteroatoms. The molecule has 2 aromatic carbocycles. The molecule has 0 unspecified atom stereocenters.